The van der Waals surface area contributed by atoms with E-state index in [0.29, 0.717) is 0 Å². The van der Waals surface area contributed by atoms with Crippen molar-refractivity contribution in [1.29, 1.82) is 0 Å². The van der Waals surface area contributed by atoms with Gasteiger partial charge in [-0.2, -0.15) is 0 Å². The Bertz CT molecular complexity index is 177. The van der Waals surface area contributed by atoms with Gasteiger partial charge in [-0.1, -0.05) is 0 Å². The Hall–Kier alpha value is 0.708. The minimum Gasteiger partial charge on any atom is -1.00 e. The Kier molecular flexibility index (Phi) is 4.87. The van der Waals surface area contributed by atoms with Crippen LogP contribution in [-0.4, -0.2) is 21.5 Å². The molecule has 3 heteroatoms. The molecule has 1 rings (SSSR count). The molecule has 0 spiro atoms. The van der Waals surface area contributed by atoms with Crippen LogP contribution in [0.15, 0.2) is 21.4 Å². The van der Waals surface area contributed by atoms with E-state index in [1.807, 2.05) is 12.2 Å². The van der Waals surface area contributed by atoms with E-state index in [0.717, 1.165) is 4.36 Å². The molecule has 9 heavy (non-hydrogen) atoms. The van der Waals surface area contributed by atoms with Gasteiger partial charge < -0.3 is 1.43 Å². The van der Waals surface area contributed by atoms with Gasteiger partial charge in [0.25, 0.3) is 0 Å². The minimum atomic E-state index is -0.150. The smallest absolute Gasteiger partial charge is 1.00 e. The van der Waals surface area contributed by atoms with Crippen molar-refractivity contribution in [2.75, 3.05) is 0 Å². The summed E-state index contributed by atoms with van der Waals surface area (Å²) in [5.41, 5.74) is 0. The molecule has 0 aromatic carbocycles. The first-order valence-corrected chi connectivity index (χ1v) is 4.71. The molecule has 0 aliphatic carbocycles. The van der Waals surface area contributed by atoms with Gasteiger partial charge in [0.05, 0.1) is 0 Å². The molecule has 1 atom stereocenters. The van der Waals surface area contributed by atoms with Crippen molar-refractivity contribution < 1.29 is 35.8 Å². The van der Waals surface area contributed by atoms with Crippen molar-refractivity contribution in [3.63, 3.8) is 0 Å². The van der Waals surface area contributed by atoms with E-state index < -0.39 is 0 Å². The number of rotatable bonds is 1. The maximum Gasteiger partial charge on any atom is 1.00 e. The molecule has 0 saturated carbocycles. The van der Waals surface area contributed by atoms with Crippen LogP contribution >= 0.6 is 0 Å². The molecule has 0 saturated heterocycles. The van der Waals surface area contributed by atoms with Gasteiger partial charge in [-0.3, -0.25) is 0 Å². The largest absolute Gasteiger partial charge is 1.00 e. The summed E-state index contributed by atoms with van der Waals surface area (Å²) in [5.74, 6) is 0.245. The Morgan fingerprint density at radius 2 is 2.44 bits per heavy atom. The Balaban J connectivity index is 0. The van der Waals surface area contributed by atoms with E-state index in [-0.39, 0.29) is 52.5 Å². The average molecular weight is 194 g/mol. The average Bonchev–Trinajstić information content (AvgIpc) is 2.12. The number of carbonyl (C=O) groups is 1. The molecule has 44 valence electrons. The summed E-state index contributed by atoms with van der Waals surface area (Å²) >= 11 is -0.150. The monoisotopic (exact) mass is 194 g/mol. The van der Waals surface area contributed by atoms with Gasteiger partial charge in [0.15, 0.2) is 0 Å². The van der Waals surface area contributed by atoms with Crippen molar-refractivity contribution in [3.05, 3.63) is 21.4 Å². The summed E-state index contributed by atoms with van der Waals surface area (Å²) in [4.78, 5) is 12.7. The van der Waals surface area contributed by atoms with Gasteiger partial charge in [0, 0.05) is 0 Å². The Morgan fingerprint density at radius 1 is 1.78 bits per heavy atom. The van der Waals surface area contributed by atoms with Crippen LogP contribution in [0.2, 0.25) is 0 Å². The third-order valence-electron chi connectivity index (χ3n) is 0.977. The first-order valence-electron chi connectivity index (χ1n) is 2.45. The fourth-order valence-electron chi connectivity index (χ4n) is 0.549. The molecule has 0 radical (unpaired) electrons. The fraction of sp³-hybridized carbons (Fsp3) is 0.167. The van der Waals surface area contributed by atoms with Crippen LogP contribution in [0.4, 0.5) is 0 Å². The van der Waals surface area contributed by atoms with Crippen LogP contribution in [0.25, 0.3) is 0 Å². The molecule has 0 N–H and O–H groups in total. The molecule has 1 unspecified atom stereocenters. The zero-order chi connectivity index (χ0) is 5.98. The summed E-state index contributed by atoms with van der Waals surface area (Å²) in [5, 5.41) is 0. The SMILES string of the molecule is CC(=O)C1=CC=C[AsH]1.[H-].[Na+]. The zero-order valence-electron chi connectivity index (χ0n) is 6.64. The van der Waals surface area contributed by atoms with Gasteiger partial charge in [0.1, 0.15) is 0 Å². The number of carbonyl (C=O) groups excluding carboxylic acids is 1. The second-order valence-electron chi connectivity index (χ2n) is 1.64. The third kappa shape index (κ3) is 2.86. The number of hydrogen-bond acceptors (Lipinski definition) is 1. The number of allylic oxidation sites excluding steroid dienone is 3. The molecule has 0 fully saturated rings. The second-order valence-corrected chi connectivity index (χ2v) is 4.08. The summed E-state index contributed by atoms with van der Waals surface area (Å²) in [7, 11) is 0. The van der Waals surface area contributed by atoms with E-state index in [1.54, 1.807) is 6.92 Å². The first-order chi connectivity index (χ1) is 3.80. The molecule has 1 heterocycles. The van der Waals surface area contributed by atoms with Gasteiger partial charge >= 0.3 is 84.2 Å². The standard InChI is InChI=1S/C6H7AsO.Na.H/c1-5(8)6-3-2-4-7-6;;/h2-4,7H,1H3;;/q;+1;-1. The summed E-state index contributed by atoms with van der Waals surface area (Å²) in [6, 6.07) is 0. The van der Waals surface area contributed by atoms with E-state index in [9.17, 15) is 4.79 Å². The quantitative estimate of drug-likeness (QED) is 0.423. The van der Waals surface area contributed by atoms with Gasteiger partial charge in [-0.05, 0) is 0 Å². The molecule has 0 bridgehead atoms. The molecule has 0 aromatic rings. The second kappa shape index (κ2) is 4.51. The molecule has 0 amide bonds. The van der Waals surface area contributed by atoms with Crippen LogP contribution in [0.3, 0.4) is 0 Å². The van der Waals surface area contributed by atoms with Crippen LogP contribution in [0, 0.1) is 0 Å². The summed E-state index contributed by atoms with van der Waals surface area (Å²) < 4.78 is 1.05. The maximum absolute atomic E-state index is 10.6. The fourth-order valence-corrected chi connectivity index (χ4v) is 2.16. The molecular weight excluding hydrogens is 186 g/mol. The summed E-state index contributed by atoms with van der Waals surface area (Å²) in [6.07, 6.45) is 3.89. The number of ketones is 1. The van der Waals surface area contributed by atoms with Crippen molar-refractivity contribution in [3.8, 4) is 0 Å². The maximum atomic E-state index is 10.6. The van der Waals surface area contributed by atoms with E-state index in [1.165, 1.54) is 0 Å². The van der Waals surface area contributed by atoms with Crippen LogP contribution in [0.5, 0.6) is 0 Å². The van der Waals surface area contributed by atoms with Gasteiger partial charge in [0.2, 0.25) is 0 Å². The summed E-state index contributed by atoms with van der Waals surface area (Å²) in [6.45, 7) is 1.63. The minimum absolute atomic E-state index is 0. The van der Waals surface area contributed by atoms with Crippen molar-refractivity contribution in [1.82, 2.24) is 0 Å². The van der Waals surface area contributed by atoms with Crippen molar-refractivity contribution in [2.45, 2.75) is 6.92 Å². The van der Waals surface area contributed by atoms with Crippen LogP contribution in [0.1, 0.15) is 8.35 Å². The van der Waals surface area contributed by atoms with Crippen LogP contribution < -0.4 is 29.6 Å². The van der Waals surface area contributed by atoms with E-state index in [2.05, 4.69) is 4.86 Å². The predicted octanol–water partition coefficient (Wildman–Crippen LogP) is -2.46. The van der Waals surface area contributed by atoms with E-state index >= 15 is 0 Å². The van der Waals surface area contributed by atoms with Crippen LogP contribution in [-0.2, 0) is 4.79 Å². The van der Waals surface area contributed by atoms with Crippen molar-refractivity contribution >= 4 is 21.5 Å². The number of Topliss-reactive ketones (excluding diaryl/α,β-unsaturated/α-hetero) is 1. The normalized spacial score (nSPS) is 17.2. The molecule has 1 aliphatic heterocycles. The van der Waals surface area contributed by atoms with Crippen molar-refractivity contribution in [2.24, 2.45) is 0 Å². The molecular formula is C6H8AsNaO. The molecule has 1 nitrogen and oxygen atoms in total. The topological polar surface area (TPSA) is 17.1 Å². The third-order valence-corrected chi connectivity index (χ3v) is 3.47. The van der Waals surface area contributed by atoms with E-state index in [4.69, 9.17) is 0 Å². The van der Waals surface area contributed by atoms with Gasteiger partial charge in [-0.25, -0.2) is 0 Å². The predicted molar refractivity (Wildman–Crippen MR) is 36.2 cm³/mol. The zero-order valence-corrected chi connectivity index (χ0v) is 9.74. The molecule has 0 aromatic heterocycles. The Labute approximate surface area is 85.0 Å². The first kappa shape index (κ1) is 9.71. The van der Waals surface area contributed by atoms with Gasteiger partial charge in [-0.15, -0.1) is 0 Å². The molecule has 1 aliphatic rings. The number of hydrogen-bond donors (Lipinski definition) is 0. The Morgan fingerprint density at radius 3 is 2.67 bits per heavy atom.